The first-order chi connectivity index (χ1) is 18.3. The molecule has 2 aromatic carbocycles. The van der Waals surface area contributed by atoms with Crippen LogP contribution < -0.4 is 16.6 Å². The van der Waals surface area contributed by atoms with Crippen LogP contribution in [0.5, 0.6) is 0 Å². The van der Waals surface area contributed by atoms with Crippen LogP contribution in [0.15, 0.2) is 66.1 Å². The summed E-state index contributed by atoms with van der Waals surface area (Å²) in [6.07, 6.45) is 5.68. The number of hydrogen-bond donors (Lipinski definition) is 2. The molecule has 5 aromatic rings. The molecule has 0 saturated carbocycles. The Hall–Kier alpha value is -5.31. The van der Waals surface area contributed by atoms with Gasteiger partial charge in [0.25, 0.3) is 5.56 Å². The number of hydrogen-bond acceptors (Lipinski definition) is 8. The van der Waals surface area contributed by atoms with Crippen molar-refractivity contribution in [2.45, 2.75) is 13.0 Å². The molecule has 1 atom stereocenters. The first kappa shape index (κ1) is 24.4. The molecule has 3 N–H and O–H groups in total. The summed E-state index contributed by atoms with van der Waals surface area (Å²) in [5.41, 5.74) is 5.72. The summed E-state index contributed by atoms with van der Waals surface area (Å²) in [4.78, 5) is 34.2. The van der Waals surface area contributed by atoms with E-state index in [9.17, 15) is 18.0 Å². The van der Waals surface area contributed by atoms with Crippen molar-refractivity contribution in [1.29, 1.82) is 0 Å². The molecule has 3 aromatic heterocycles. The first-order valence-corrected chi connectivity index (χ1v) is 11.1. The van der Waals surface area contributed by atoms with E-state index in [4.69, 9.17) is 5.73 Å². The molecule has 0 spiro atoms. The van der Waals surface area contributed by atoms with E-state index in [0.29, 0.717) is 11.8 Å². The Labute approximate surface area is 213 Å². The van der Waals surface area contributed by atoms with E-state index >= 15 is 0 Å². The van der Waals surface area contributed by atoms with Crippen molar-refractivity contribution in [1.82, 2.24) is 29.5 Å². The van der Waals surface area contributed by atoms with Crippen molar-refractivity contribution in [3.05, 3.63) is 106 Å². The summed E-state index contributed by atoms with van der Waals surface area (Å²) in [5.74, 6) is 3.34. The molecular weight excluding hydrogens is 497 g/mol. The molecule has 0 aliphatic carbocycles. The molecule has 9 nitrogen and oxygen atoms in total. The second kappa shape index (κ2) is 9.98. The molecule has 0 amide bonds. The molecule has 3 heterocycles. The van der Waals surface area contributed by atoms with Gasteiger partial charge in [-0.1, -0.05) is 12.0 Å². The highest BCUT2D eigenvalue weighted by Gasteiger charge is 2.22. The number of aromatic nitrogens is 6. The lowest BCUT2D eigenvalue weighted by atomic mass is 10.1. The largest absolute Gasteiger partial charge is 0.382 e. The van der Waals surface area contributed by atoms with Crippen LogP contribution in [0.2, 0.25) is 0 Å². The van der Waals surface area contributed by atoms with E-state index in [1.165, 1.54) is 37.1 Å². The van der Waals surface area contributed by atoms with E-state index < -0.39 is 29.1 Å². The second-order valence-electron chi connectivity index (χ2n) is 8.06. The van der Waals surface area contributed by atoms with Crippen molar-refractivity contribution in [2.24, 2.45) is 0 Å². The third-order valence-electron chi connectivity index (χ3n) is 5.47. The fourth-order valence-electron chi connectivity index (χ4n) is 3.81. The molecule has 188 valence electrons. The van der Waals surface area contributed by atoms with Crippen molar-refractivity contribution >= 4 is 22.5 Å². The van der Waals surface area contributed by atoms with Gasteiger partial charge in [-0.2, -0.15) is 0 Å². The molecule has 12 heteroatoms. The Balaban J connectivity index is 1.65. The molecular formula is C26H17F3N8O. The number of fused-ring (bicyclic) bond motifs is 1. The average Bonchev–Trinajstić information content (AvgIpc) is 2.88. The summed E-state index contributed by atoms with van der Waals surface area (Å²) in [6.45, 7) is 1.64. The SMILES string of the molecule is CC(Nc1ncnc(N)c1C#Cc1cnccn1)c1nc2cccc(F)c2c(=O)n1-c1cc(F)cc(F)c1. The number of nitrogens with one attached hydrogen (secondary N) is 1. The zero-order valence-electron chi connectivity index (χ0n) is 19.7. The van der Waals surface area contributed by atoms with Gasteiger partial charge in [0.15, 0.2) is 0 Å². The van der Waals surface area contributed by atoms with Gasteiger partial charge in [-0.05, 0) is 37.1 Å². The normalized spacial score (nSPS) is 11.6. The third-order valence-corrected chi connectivity index (χ3v) is 5.47. The van der Waals surface area contributed by atoms with Crippen LogP contribution in [0.4, 0.5) is 24.8 Å². The quantitative estimate of drug-likeness (QED) is 0.349. The van der Waals surface area contributed by atoms with Crippen LogP contribution in [0.1, 0.15) is 30.0 Å². The minimum Gasteiger partial charge on any atom is -0.382 e. The average molecular weight is 514 g/mol. The highest BCUT2D eigenvalue weighted by molar-refractivity contribution is 5.79. The van der Waals surface area contributed by atoms with Gasteiger partial charge in [0.2, 0.25) is 0 Å². The van der Waals surface area contributed by atoms with Gasteiger partial charge in [0.1, 0.15) is 57.9 Å². The Morgan fingerprint density at radius 1 is 1.03 bits per heavy atom. The fourth-order valence-corrected chi connectivity index (χ4v) is 3.81. The van der Waals surface area contributed by atoms with Crippen LogP contribution in [-0.2, 0) is 0 Å². The van der Waals surface area contributed by atoms with E-state index in [2.05, 4.69) is 42.1 Å². The van der Waals surface area contributed by atoms with E-state index in [-0.39, 0.29) is 39.6 Å². The number of nitrogens with two attached hydrogens (primary N) is 1. The van der Waals surface area contributed by atoms with Crippen molar-refractivity contribution < 1.29 is 13.2 Å². The number of halogens is 3. The maximum Gasteiger partial charge on any atom is 0.269 e. The molecule has 1 unspecified atom stereocenters. The minimum atomic E-state index is -0.919. The van der Waals surface area contributed by atoms with Gasteiger partial charge >= 0.3 is 0 Å². The minimum absolute atomic E-state index is 0.0307. The van der Waals surface area contributed by atoms with E-state index in [1.807, 2.05) is 0 Å². The van der Waals surface area contributed by atoms with Gasteiger partial charge in [-0.25, -0.2) is 33.1 Å². The Kier molecular flexibility index (Phi) is 6.40. The zero-order chi connectivity index (χ0) is 26.8. The standard InChI is InChI=1S/C26H17F3N8O/c1-14(35-24-19(23(30)33-13-34-24)6-5-17-12-31-7-8-32-17)25-36-21-4-2-3-20(29)22(21)26(38)37(25)18-10-15(27)9-16(28)11-18/h2-4,7-14H,1H3,(H3,30,33,34,35). The predicted octanol–water partition coefficient (Wildman–Crippen LogP) is 3.54. The van der Waals surface area contributed by atoms with Crippen molar-refractivity contribution in [2.75, 3.05) is 11.1 Å². The second-order valence-corrected chi connectivity index (χ2v) is 8.06. The van der Waals surface area contributed by atoms with Crippen LogP contribution in [-0.4, -0.2) is 29.5 Å². The van der Waals surface area contributed by atoms with Crippen LogP contribution in [0.3, 0.4) is 0 Å². The van der Waals surface area contributed by atoms with Gasteiger partial charge in [-0.15, -0.1) is 0 Å². The Morgan fingerprint density at radius 2 is 1.82 bits per heavy atom. The third kappa shape index (κ3) is 4.72. The van der Waals surface area contributed by atoms with Gasteiger partial charge in [0, 0.05) is 18.5 Å². The lowest BCUT2D eigenvalue weighted by molar-refractivity contribution is 0.579. The van der Waals surface area contributed by atoms with Crippen LogP contribution in [0.25, 0.3) is 16.6 Å². The number of nitrogens with zero attached hydrogens (tertiary/aromatic N) is 6. The lowest BCUT2D eigenvalue weighted by Crippen LogP contribution is -2.28. The van der Waals surface area contributed by atoms with Crippen molar-refractivity contribution in [3.63, 3.8) is 0 Å². The number of benzene rings is 2. The number of rotatable bonds is 4. The monoisotopic (exact) mass is 514 g/mol. The topological polar surface area (TPSA) is 124 Å². The number of anilines is 2. The predicted molar refractivity (Wildman–Crippen MR) is 134 cm³/mol. The van der Waals surface area contributed by atoms with Gasteiger partial charge in [0.05, 0.1) is 23.4 Å². The van der Waals surface area contributed by atoms with Gasteiger partial charge in [-0.3, -0.25) is 14.3 Å². The molecule has 5 rings (SSSR count). The molecule has 0 aliphatic heterocycles. The van der Waals surface area contributed by atoms with E-state index in [1.54, 1.807) is 6.92 Å². The molecule has 0 bridgehead atoms. The van der Waals surface area contributed by atoms with Crippen LogP contribution in [0, 0.1) is 29.3 Å². The fraction of sp³-hybridized carbons (Fsp3) is 0.0769. The van der Waals surface area contributed by atoms with Crippen LogP contribution >= 0.6 is 0 Å². The Bertz CT molecular complexity index is 1780. The smallest absolute Gasteiger partial charge is 0.269 e. The molecule has 0 fully saturated rings. The first-order valence-electron chi connectivity index (χ1n) is 11.1. The molecule has 0 aliphatic rings. The molecule has 0 radical (unpaired) electrons. The van der Waals surface area contributed by atoms with Crippen molar-refractivity contribution in [3.8, 4) is 17.5 Å². The van der Waals surface area contributed by atoms with Gasteiger partial charge < -0.3 is 11.1 Å². The Morgan fingerprint density at radius 3 is 2.55 bits per heavy atom. The highest BCUT2D eigenvalue weighted by atomic mass is 19.1. The number of nitrogen functional groups attached to an aromatic ring is 1. The highest BCUT2D eigenvalue weighted by Crippen LogP contribution is 2.25. The zero-order valence-corrected chi connectivity index (χ0v) is 19.7. The summed E-state index contributed by atoms with van der Waals surface area (Å²) in [5, 5.41) is 2.75. The maximum atomic E-state index is 14.6. The summed E-state index contributed by atoms with van der Waals surface area (Å²) in [6, 6.07) is 5.74. The molecule has 38 heavy (non-hydrogen) atoms. The summed E-state index contributed by atoms with van der Waals surface area (Å²) in [7, 11) is 0. The lowest BCUT2D eigenvalue weighted by Gasteiger charge is -2.21. The van der Waals surface area contributed by atoms with E-state index in [0.717, 1.165) is 22.8 Å². The maximum absolute atomic E-state index is 14.6. The summed E-state index contributed by atoms with van der Waals surface area (Å²) >= 11 is 0. The summed E-state index contributed by atoms with van der Waals surface area (Å²) < 4.78 is 43.8. The molecule has 0 saturated heterocycles.